The molecule has 2 N–H and O–H groups in total. The summed E-state index contributed by atoms with van der Waals surface area (Å²) in [5.41, 5.74) is 7.99. The van der Waals surface area contributed by atoms with Crippen molar-refractivity contribution in [3.63, 3.8) is 0 Å². The number of aryl methyl sites for hydroxylation is 1. The number of hydrogen-bond donors (Lipinski definition) is 1. The van der Waals surface area contributed by atoms with Gasteiger partial charge in [-0.05, 0) is 18.9 Å². The van der Waals surface area contributed by atoms with Crippen LogP contribution in [-0.2, 0) is 6.42 Å². The Kier molecular flexibility index (Phi) is 4.81. The van der Waals surface area contributed by atoms with Gasteiger partial charge in [-0.1, -0.05) is 30.3 Å². The number of carbonyl (C=O) groups is 1. The van der Waals surface area contributed by atoms with Gasteiger partial charge in [0, 0.05) is 24.3 Å². The van der Waals surface area contributed by atoms with E-state index in [0.717, 1.165) is 11.3 Å². The zero-order valence-electron chi connectivity index (χ0n) is 13.2. The first-order valence-electron chi connectivity index (χ1n) is 7.49. The minimum Gasteiger partial charge on any atom is -0.382 e. The molecule has 0 spiro atoms. The second kappa shape index (κ2) is 7.18. The summed E-state index contributed by atoms with van der Waals surface area (Å²) < 4.78 is 0. The maximum atomic E-state index is 12.9. The molecule has 0 bridgehead atoms. The number of nitrogen functional groups attached to an aromatic ring is 1. The first-order chi connectivity index (χ1) is 11.6. The quantitative estimate of drug-likeness (QED) is 0.772. The topological polar surface area (TPSA) is 85.0 Å². The highest BCUT2D eigenvalue weighted by molar-refractivity contribution is 7.14. The lowest BCUT2D eigenvalue weighted by molar-refractivity contribution is 0.0983. The maximum Gasteiger partial charge on any atom is 0.282 e. The van der Waals surface area contributed by atoms with Crippen molar-refractivity contribution in [2.24, 2.45) is 0 Å². The average Bonchev–Trinajstić information content (AvgIpc) is 3.02. The molecule has 2 aromatic heterocycles. The molecule has 122 valence electrons. The molecule has 0 unspecified atom stereocenters. The van der Waals surface area contributed by atoms with Gasteiger partial charge in [0.15, 0.2) is 16.6 Å². The van der Waals surface area contributed by atoms with E-state index in [4.69, 9.17) is 5.73 Å². The summed E-state index contributed by atoms with van der Waals surface area (Å²) in [5, 5.41) is 2.55. The second-order valence-electron chi connectivity index (χ2n) is 5.25. The Morgan fingerprint density at radius 3 is 2.62 bits per heavy atom. The van der Waals surface area contributed by atoms with E-state index in [2.05, 4.69) is 15.0 Å². The van der Waals surface area contributed by atoms with Gasteiger partial charge in [0.1, 0.15) is 0 Å². The highest BCUT2D eigenvalue weighted by Crippen LogP contribution is 2.23. The van der Waals surface area contributed by atoms with Crippen molar-refractivity contribution < 1.29 is 4.79 Å². The fourth-order valence-electron chi connectivity index (χ4n) is 2.28. The molecule has 24 heavy (non-hydrogen) atoms. The van der Waals surface area contributed by atoms with Crippen LogP contribution in [0.2, 0.25) is 0 Å². The number of rotatable bonds is 5. The van der Waals surface area contributed by atoms with E-state index in [1.54, 1.807) is 4.90 Å². The van der Waals surface area contributed by atoms with E-state index in [9.17, 15) is 4.79 Å². The van der Waals surface area contributed by atoms with Crippen LogP contribution in [0.4, 0.5) is 10.9 Å². The fourth-order valence-corrected chi connectivity index (χ4v) is 3.10. The van der Waals surface area contributed by atoms with E-state index in [1.165, 1.54) is 23.7 Å². The fraction of sp³-hybridized carbons (Fsp3) is 0.176. The van der Waals surface area contributed by atoms with Crippen molar-refractivity contribution in [3.8, 4) is 0 Å². The molecule has 0 fully saturated rings. The largest absolute Gasteiger partial charge is 0.382 e. The molecule has 7 heteroatoms. The molecule has 0 radical (unpaired) electrons. The summed E-state index contributed by atoms with van der Waals surface area (Å²) in [4.78, 5) is 27.0. The molecule has 0 aliphatic rings. The average molecular weight is 339 g/mol. The Balaban J connectivity index is 1.87. The molecule has 0 saturated heterocycles. The summed E-state index contributed by atoms with van der Waals surface area (Å²) >= 11 is 1.43. The minimum atomic E-state index is -0.286. The summed E-state index contributed by atoms with van der Waals surface area (Å²) in [6.45, 7) is 2.39. The number of thiazole rings is 1. The minimum absolute atomic E-state index is 0.125. The SMILES string of the molecule is Cc1csc(N(CCc2ccccc2)C(=O)c2nccnc2N)n1. The molecule has 3 aromatic rings. The number of amides is 1. The Labute approximate surface area is 144 Å². The first-order valence-corrected chi connectivity index (χ1v) is 8.37. The third-order valence-electron chi connectivity index (χ3n) is 3.48. The van der Waals surface area contributed by atoms with Gasteiger partial charge in [-0.3, -0.25) is 9.69 Å². The van der Waals surface area contributed by atoms with Gasteiger partial charge in [0.05, 0.1) is 5.69 Å². The van der Waals surface area contributed by atoms with Crippen LogP contribution in [0.25, 0.3) is 0 Å². The Hall–Kier alpha value is -2.80. The lowest BCUT2D eigenvalue weighted by atomic mass is 10.1. The van der Waals surface area contributed by atoms with Gasteiger partial charge < -0.3 is 5.73 Å². The molecule has 0 aliphatic carbocycles. The van der Waals surface area contributed by atoms with Gasteiger partial charge in [0.25, 0.3) is 5.91 Å². The summed E-state index contributed by atoms with van der Waals surface area (Å²) in [6, 6.07) is 10.0. The van der Waals surface area contributed by atoms with Crippen LogP contribution < -0.4 is 10.6 Å². The van der Waals surface area contributed by atoms with E-state index >= 15 is 0 Å². The van der Waals surface area contributed by atoms with Crippen molar-refractivity contribution in [2.45, 2.75) is 13.3 Å². The molecule has 1 amide bonds. The summed E-state index contributed by atoms with van der Waals surface area (Å²) in [5.74, 6) is -0.161. The zero-order chi connectivity index (χ0) is 16.9. The molecule has 0 atom stereocenters. The van der Waals surface area contributed by atoms with Gasteiger partial charge >= 0.3 is 0 Å². The van der Waals surface area contributed by atoms with Crippen LogP contribution in [0.3, 0.4) is 0 Å². The summed E-state index contributed by atoms with van der Waals surface area (Å²) in [6.07, 6.45) is 3.64. The number of nitrogens with zero attached hydrogens (tertiary/aromatic N) is 4. The molecule has 6 nitrogen and oxygen atoms in total. The number of anilines is 2. The van der Waals surface area contributed by atoms with Crippen molar-refractivity contribution in [3.05, 3.63) is 65.1 Å². The first kappa shape index (κ1) is 16.1. The van der Waals surface area contributed by atoms with Crippen LogP contribution in [0.5, 0.6) is 0 Å². The van der Waals surface area contributed by atoms with Crippen LogP contribution in [-0.4, -0.2) is 27.4 Å². The molecule has 0 aliphatic heterocycles. The Bertz CT molecular complexity index is 834. The highest BCUT2D eigenvalue weighted by Gasteiger charge is 2.23. The third-order valence-corrected chi connectivity index (χ3v) is 4.46. The zero-order valence-corrected chi connectivity index (χ0v) is 14.0. The lowest BCUT2D eigenvalue weighted by Gasteiger charge is -2.20. The van der Waals surface area contributed by atoms with Gasteiger partial charge in [0.2, 0.25) is 0 Å². The van der Waals surface area contributed by atoms with Gasteiger partial charge in [-0.2, -0.15) is 0 Å². The maximum absolute atomic E-state index is 12.9. The van der Waals surface area contributed by atoms with Gasteiger partial charge in [-0.25, -0.2) is 15.0 Å². The molecule has 0 saturated carbocycles. The standard InChI is InChI=1S/C17H17N5OS/c1-12-11-24-17(21-12)22(10-7-13-5-3-2-4-6-13)16(23)14-15(18)20-9-8-19-14/h2-6,8-9,11H,7,10H2,1H3,(H2,18,20). The van der Waals surface area contributed by atoms with Crippen LogP contribution in [0, 0.1) is 6.92 Å². The predicted octanol–water partition coefficient (Wildman–Crippen LogP) is 2.71. The highest BCUT2D eigenvalue weighted by atomic mass is 32.1. The number of aromatic nitrogens is 3. The number of hydrogen-bond acceptors (Lipinski definition) is 6. The monoisotopic (exact) mass is 339 g/mol. The summed E-state index contributed by atoms with van der Waals surface area (Å²) in [7, 11) is 0. The molecular weight excluding hydrogens is 322 g/mol. The normalized spacial score (nSPS) is 10.5. The van der Waals surface area contributed by atoms with Crippen molar-refractivity contribution in [2.75, 3.05) is 17.2 Å². The van der Waals surface area contributed by atoms with Crippen LogP contribution in [0.1, 0.15) is 21.7 Å². The number of carbonyl (C=O) groups excluding carboxylic acids is 1. The van der Waals surface area contributed by atoms with E-state index in [1.807, 2.05) is 42.6 Å². The van der Waals surface area contributed by atoms with E-state index in [0.29, 0.717) is 18.1 Å². The number of nitrogens with two attached hydrogens (primary N) is 1. The third kappa shape index (κ3) is 3.57. The van der Waals surface area contributed by atoms with E-state index in [-0.39, 0.29) is 17.4 Å². The van der Waals surface area contributed by atoms with Gasteiger partial charge in [-0.15, -0.1) is 11.3 Å². The lowest BCUT2D eigenvalue weighted by Crippen LogP contribution is -2.34. The van der Waals surface area contributed by atoms with Crippen molar-refractivity contribution >= 4 is 28.2 Å². The van der Waals surface area contributed by atoms with Crippen molar-refractivity contribution in [1.29, 1.82) is 0 Å². The van der Waals surface area contributed by atoms with E-state index < -0.39 is 0 Å². The smallest absolute Gasteiger partial charge is 0.282 e. The second-order valence-corrected chi connectivity index (χ2v) is 6.09. The molecule has 2 heterocycles. The Morgan fingerprint density at radius 1 is 1.21 bits per heavy atom. The molecular formula is C17H17N5OS. The molecule has 3 rings (SSSR count). The van der Waals surface area contributed by atoms with Crippen LogP contribution in [0.15, 0.2) is 48.1 Å². The number of benzene rings is 1. The molecule has 1 aromatic carbocycles. The predicted molar refractivity (Wildman–Crippen MR) is 95.1 cm³/mol. The Morgan fingerprint density at radius 2 is 1.96 bits per heavy atom. The van der Waals surface area contributed by atoms with Crippen molar-refractivity contribution in [1.82, 2.24) is 15.0 Å². The van der Waals surface area contributed by atoms with Crippen LogP contribution >= 0.6 is 11.3 Å².